The van der Waals surface area contributed by atoms with E-state index in [1.807, 2.05) is 0 Å². The zero-order chi connectivity index (χ0) is 12.1. The van der Waals surface area contributed by atoms with Gasteiger partial charge in [0, 0.05) is 13.1 Å². The van der Waals surface area contributed by atoms with E-state index < -0.39 is 0 Å². The second-order valence-corrected chi connectivity index (χ2v) is 4.01. The second-order valence-electron chi connectivity index (χ2n) is 4.01. The van der Waals surface area contributed by atoms with Crippen LogP contribution in [-0.2, 0) is 4.74 Å². The SMILES string of the molecule is NCCCCCCCN1CCOCC1.NN. The summed E-state index contributed by atoms with van der Waals surface area (Å²) >= 11 is 0. The van der Waals surface area contributed by atoms with Crippen LogP contribution in [0.1, 0.15) is 32.1 Å². The highest BCUT2D eigenvalue weighted by Crippen LogP contribution is 2.05. The molecule has 1 rings (SSSR count). The maximum Gasteiger partial charge on any atom is 0.0594 e. The molecule has 0 aromatic carbocycles. The predicted molar refractivity (Wildman–Crippen MR) is 67.8 cm³/mol. The lowest BCUT2D eigenvalue weighted by Crippen LogP contribution is -2.36. The molecule has 0 saturated carbocycles. The third-order valence-corrected chi connectivity index (χ3v) is 2.78. The van der Waals surface area contributed by atoms with Crippen LogP contribution in [0.2, 0.25) is 0 Å². The van der Waals surface area contributed by atoms with E-state index in [4.69, 9.17) is 10.5 Å². The fourth-order valence-electron chi connectivity index (χ4n) is 1.83. The van der Waals surface area contributed by atoms with Gasteiger partial charge in [-0.15, -0.1) is 0 Å². The minimum Gasteiger partial charge on any atom is -0.379 e. The molecule has 0 bridgehead atoms. The second kappa shape index (κ2) is 12.9. The Bertz CT molecular complexity index is 129. The first-order valence-electron chi connectivity index (χ1n) is 6.27. The van der Waals surface area contributed by atoms with Crippen LogP contribution in [0.5, 0.6) is 0 Å². The van der Waals surface area contributed by atoms with Crippen LogP contribution in [0.25, 0.3) is 0 Å². The minimum atomic E-state index is 0.851. The van der Waals surface area contributed by atoms with Crippen molar-refractivity contribution < 1.29 is 4.74 Å². The van der Waals surface area contributed by atoms with Crippen molar-refractivity contribution in [3.8, 4) is 0 Å². The van der Waals surface area contributed by atoms with Crippen LogP contribution in [0, 0.1) is 0 Å². The summed E-state index contributed by atoms with van der Waals surface area (Å²) in [5, 5.41) is 0. The Morgan fingerprint density at radius 3 is 2.06 bits per heavy atom. The van der Waals surface area contributed by atoms with Crippen molar-refractivity contribution in [2.75, 3.05) is 39.4 Å². The lowest BCUT2D eigenvalue weighted by molar-refractivity contribution is 0.0371. The number of hydrogen-bond donors (Lipinski definition) is 3. The van der Waals surface area contributed by atoms with Gasteiger partial charge in [-0.2, -0.15) is 0 Å². The van der Waals surface area contributed by atoms with Crippen molar-refractivity contribution in [3.63, 3.8) is 0 Å². The van der Waals surface area contributed by atoms with E-state index in [0.717, 1.165) is 32.8 Å². The molecule has 0 aromatic rings. The van der Waals surface area contributed by atoms with Crippen LogP contribution in [-0.4, -0.2) is 44.3 Å². The number of rotatable bonds is 7. The number of nitrogens with zero attached hydrogens (tertiary/aromatic N) is 1. The average Bonchev–Trinajstić information content (AvgIpc) is 2.37. The molecule has 1 aliphatic rings. The molecule has 5 heteroatoms. The molecule has 0 amide bonds. The van der Waals surface area contributed by atoms with Gasteiger partial charge in [-0.3, -0.25) is 16.6 Å². The molecule has 1 aliphatic heterocycles. The van der Waals surface area contributed by atoms with Crippen molar-refractivity contribution in [2.45, 2.75) is 32.1 Å². The number of nitrogens with two attached hydrogens (primary N) is 3. The highest BCUT2D eigenvalue weighted by Gasteiger charge is 2.08. The zero-order valence-corrected chi connectivity index (χ0v) is 10.4. The summed E-state index contributed by atoms with van der Waals surface area (Å²) in [7, 11) is 0. The molecule has 0 unspecified atom stereocenters. The van der Waals surface area contributed by atoms with Crippen LogP contribution < -0.4 is 17.4 Å². The lowest BCUT2D eigenvalue weighted by atomic mass is 10.1. The van der Waals surface area contributed by atoms with E-state index in [2.05, 4.69) is 16.6 Å². The van der Waals surface area contributed by atoms with Gasteiger partial charge in [-0.25, -0.2) is 0 Å². The molecule has 1 saturated heterocycles. The zero-order valence-electron chi connectivity index (χ0n) is 10.4. The molecule has 1 fully saturated rings. The van der Waals surface area contributed by atoms with Crippen LogP contribution in [0.3, 0.4) is 0 Å². The Balaban J connectivity index is 0.00000106. The van der Waals surface area contributed by atoms with Gasteiger partial charge in [0.1, 0.15) is 0 Å². The smallest absolute Gasteiger partial charge is 0.0594 e. The molecule has 98 valence electrons. The van der Waals surface area contributed by atoms with Crippen molar-refractivity contribution in [3.05, 3.63) is 0 Å². The monoisotopic (exact) mass is 232 g/mol. The maximum atomic E-state index is 5.44. The fraction of sp³-hybridized carbons (Fsp3) is 1.00. The molecular formula is C11H28N4O. The maximum absolute atomic E-state index is 5.44. The molecule has 0 aliphatic carbocycles. The highest BCUT2D eigenvalue weighted by atomic mass is 16.5. The molecule has 0 atom stereocenters. The van der Waals surface area contributed by atoms with Crippen molar-refractivity contribution in [1.82, 2.24) is 4.90 Å². The van der Waals surface area contributed by atoms with E-state index in [-0.39, 0.29) is 0 Å². The number of hydrogen-bond acceptors (Lipinski definition) is 5. The van der Waals surface area contributed by atoms with Crippen LogP contribution >= 0.6 is 0 Å². The van der Waals surface area contributed by atoms with E-state index >= 15 is 0 Å². The van der Waals surface area contributed by atoms with Crippen molar-refractivity contribution >= 4 is 0 Å². The van der Waals surface area contributed by atoms with Gasteiger partial charge in [-0.1, -0.05) is 19.3 Å². The number of morpholine rings is 1. The molecule has 0 aromatic heterocycles. The number of unbranched alkanes of at least 4 members (excludes halogenated alkanes) is 4. The summed E-state index contributed by atoms with van der Waals surface area (Å²) in [6.07, 6.45) is 6.54. The van der Waals surface area contributed by atoms with Gasteiger partial charge in [0.2, 0.25) is 0 Å². The Kier molecular flexibility index (Phi) is 12.7. The quantitative estimate of drug-likeness (QED) is 0.328. The first-order chi connectivity index (χ1) is 7.93. The largest absolute Gasteiger partial charge is 0.379 e. The Labute approximate surface area is 99.3 Å². The topological polar surface area (TPSA) is 90.5 Å². The highest BCUT2D eigenvalue weighted by molar-refractivity contribution is 4.61. The summed E-state index contributed by atoms with van der Waals surface area (Å²) in [4.78, 5) is 2.51. The number of hydrazine groups is 1. The van der Waals surface area contributed by atoms with E-state index in [1.54, 1.807) is 0 Å². The molecule has 6 N–H and O–H groups in total. The van der Waals surface area contributed by atoms with E-state index in [1.165, 1.54) is 38.6 Å². The van der Waals surface area contributed by atoms with Gasteiger partial charge in [0.15, 0.2) is 0 Å². The summed E-state index contributed by atoms with van der Waals surface area (Å²) in [5.41, 5.74) is 5.44. The first kappa shape index (κ1) is 15.8. The van der Waals surface area contributed by atoms with Gasteiger partial charge >= 0.3 is 0 Å². The lowest BCUT2D eigenvalue weighted by Gasteiger charge is -2.26. The summed E-state index contributed by atoms with van der Waals surface area (Å²) in [6, 6.07) is 0. The van der Waals surface area contributed by atoms with Crippen molar-refractivity contribution in [1.29, 1.82) is 0 Å². The van der Waals surface area contributed by atoms with Crippen LogP contribution in [0.4, 0.5) is 0 Å². The predicted octanol–water partition coefficient (Wildman–Crippen LogP) is 0.0466. The Morgan fingerprint density at radius 1 is 0.875 bits per heavy atom. The van der Waals surface area contributed by atoms with Crippen molar-refractivity contribution in [2.24, 2.45) is 17.4 Å². The molecule has 5 nitrogen and oxygen atoms in total. The molecule has 0 radical (unpaired) electrons. The summed E-state index contributed by atoms with van der Waals surface area (Å²) in [6.45, 7) is 6.21. The fourth-order valence-corrected chi connectivity index (χ4v) is 1.83. The average molecular weight is 232 g/mol. The third-order valence-electron chi connectivity index (χ3n) is 2.78. The van der Waals surface area contributed by atoms with Gasteiger partial charge in [0.25, 0.3) is 0 Å². The Morgan fingerprint density at radius 2 is 1.44 bits per heavy atom. The first-order valence-corrected chi connectivity index (χ1v) is 6.27. The van der Waals surface area contributed by atoms with Gasteiger partial charge < -0.3 is 10.5 Å². The molecular weight excluding hydrogens is 204 g/mol. The van der Waals surface area contributed by atoms with E-state index in [9.17, 15) is 0 Å². The molecule has 16 heavy (non-hydrogen) atoms. The van der Waals surface area contributed by atoms with E-state index in [0.29, 0.717) is 0 Å². The van der Waals surface area contributed by atoms with Gasteiger partial charge in [0.05, 0.1) is 13.2 Å². The third kappa shape index (κ3) is 9.06. The normalized spacial score (nSPS) is 16.7. The summed E-state index contributed by atoms with van der Waals surface area (Å²) in [5.74, 6) is 8.00. The minimum absolute atomic E-state index is 0.851. The van der Waals surface area contributed by atoms with Crippen LogP contribution in [0.15, 0.2) is 0 Å². The molecule has 0 spiro atoms. The standard InChI is InChI=1S/C11H24N2O.H4N2/c12-6-4-2-1-3-5-7-13-8-10-14-11-9-13;1-2/h1-12H2;1-2H2. The van der Waals surface area contributed by atoms with Gasteiger partial charge in [-0.05, 0) is 25.9 Å². The number of ether oxygens (including phenoxy) is 1. The molecule has 1 heterocycles. The Hall–Kier alpha value is -0.200. The summed E-state index contributed by atoms with van der Waals surface area (Å²) < 4.78 is 5.30.